The van der Waals surface area contributed by atoms with Crippen LogP contribution in [0.15, 0.2) is 64.6 Å². The minimum absolute atomic E-state index is 0.0280. The summed E-state index contributed by atoms with van der Waals surface area (Å²) in [5.74, 6) is 0.830. The maximum atomic E-state index is 12.2. The van der Waals surface area contributed by atoms with Crippen LogP contribution in [-0.2, 0) is 11.2 Å². The van der Waals surface area contributed by atoms with Gasteiger partial charge in [-0.1, -0.05) is 35.9 Å². The summed E-state index contributed by atoms with van der Waals surface area (Å²) in [6.45, 7) is 0.497. The summed E-state index contributed by atoms with van der Waals surface area (Å²) in [6.07, 6.45) is 1.93. The van der Waals surface area contributed by atoms with Crippen LogP contribution in [0.1, 0.15) is 22.1 Å². The van der Waals surface area contributed by atoms with Crippen LogP contribution in [0, 0.1) is 0 Å². The molecule has 1 amide bonds. The molecule has 1 N–H and O–H groups in total. The Morgan fingerprint density at radius 2 is 2.04 bits per heavy atom. The molecule has 1 aromatic carbocycles. The smallest absolute Gasteiger partial charge is 0.224 e. The van der Waals surface area contributed by atoms with Gasteiger partial charge in [0, 0.05) is 16.4 Å². The van der Waals surface area contributed by atoms with Crippen LogP contribution < -0.4 is 5.32 Å². The number of thiophene rings is 1. The first-order valence-electron chi connectivity index (χ1n) is 7.31. The van der Waals surface area contributed by atoms with Gasteiger partial charge in [0.1, 0.15) is 5.76 Å². The van der Waals surface area contributed by atoms with Gasteiger partial charge in [0.2, 0.25) is 5.91 Å². The van der Waals surface area contributed by atoms with Crippen LogP contribution in [0.3, 0.4) is 0 Å². The standard InChI is InChI=1S/C18H16ClNO2S/c19-15-6-2-1-5-13(15)11-18(21)20-12-14(16-7-3-9-22-16)17-8-4-10-23-17/h1-10,14H,11-12H2,(H,20,21)/t14-/m1/s1. The lowest BCUT2D eigenvalue weighted by atomic mass is 10.0. The molecule has 0 spiro atoms. The van der Waals surface area contributed by atoms with Crippen molar-refractivity contribution >= 4 is 28.8 Å². The van der Waals surface area contributed by atoms with E-state index in [0.717, 1.165) is 16.2 Å². The maximum absolute atomic E-state index is 12.2. The number of halogens is 1. The molecular formula is C18H16ClNO2S. The molecule has 23 heavy (non-hydrogen) atoms. The highest BCUT2D eigenvalue weighted by molar-refractivity contribution is 7.10. The summed E-state index contributed by atoms with van der Waals surface area (Å²) in [4.78, 5) is 13.4. The summed E-state index contributed by atoms with van der Waals surface area (Å²) in [7, 11) is 0. The molecule has 118 valence electrons. The molecule has 0 radical (unpaired) electrons. The Morgan fingerprint density at radius 3 is 2.74 bits per heavy atom. The van der Waals surface area contributed by atoms with Gasteiger partial charge >= 0.3 is 0 Å². The Balaban J connectivity index is 1.65. The van der Waals surface area contributed by atoms with E-state index in [2.05, 4.69) is 11.4 Å². The molecule has 0 unspecified atom stereocenters. The van der Waals surface area contributed by atoms with E-state index in [4.69, 9.17) is 16.0 Å². The van der Waals surface area contributed by atoms with Crippen LogP contribution in [0.4, 0.5) is 0 Å². The minimum atomic E-state index is -0.0498. The molecule has 2 heterocycles. The van der Waals surface area contributed by atoms with Gasteiger partial charge in [0.05, 0.1) is 18.6 Å². The molecule has 0 saturated heterocycles. The molecule has 1 atom stereocenters. The second kappa shape index (κ2) is 7.49. The number of nitrogens with one attached hydrogen (secondary N) is 1. The van der Waals surface area contributed by atoms with E-state index in [9.17, 15) is 4.79 Å². The highest BCUT2D eigenvalue weighted by atomic mass is 35.5. The van der Waals surface area contributed by atoms with E-state index in [1.807, 2.05) is 41.8 Å². The fourth-order valence-corrected chi connectivity index (χ4v) is 3.45. The van der Waals surface area contributed by atoms with Crippen molar-refractivity contribution in [3.63, 3.8) is 0 Å². The second-order valence-corrected chi connectivity index (χ2v) is 6.54. The van der Waals surface area contributed by atoms with Crippen LogP contribution in [0.2, 0.25) is 5.02 Å². The second-order valence-electron chi connectivity index (χ2n) is 5.16. The zero-order valence-electron chi connectivity index (χ0n) is 12.4. The average molecular weight is 346 g/mol. The van der Waals surface area contributed by atoms with Crippen molar-refractivity contribution in [2.24, 2.45) is 0 Å². The van der Waals surface area contributed by atoms with Crippen molar-refractivity contribution in [3.8, 4) is 0 Å². The van der Waals surface area contributed by atoms with E-state index in [1.165, 1.54) is 0 Å². The highest BCUT2D eigenvalue weighted by Crippen LogP contribution is 2.28. The molecule has 5 heteroatoms. The third kappa shape index (κ3) is 4.03. The summed E-state index contributed by atoms with van der Waals surface area (Å²) in [6, 6.07) is 15.2. The zero-order valence-corrected chi connectivity index (χ0v) is 13.9. The zero-order chi connectivity index (χ0) is 16.1. The van der Waals surface area contributed by atoms with Crippen LogP contribution >= 0.6 is 22.9 Å². The first kappa shape index (κ1) is 15.8. The first-order valence-corrected chi connectivity index (χ1v) is 8.56. The van der Waals surface area contributed by atoms with Gasteiger partial charge in [-0.2, -0.15) is 0 Å². The van der Waals surface area contributed by atoms with Crippen molar-refractivity contribution in [1.29, 1.82) is 0 Å². The Morgan fingerprint density at radius 1 is 1.17 bits per heavy atom. The Hall–Kier alpha value is -2.04. The lowest BCUT2D eigenvalue weighted by Crippen LogP contribution is -2.29. The number of benzene rings is 1. The summed E-state index contributed by atoms with van der Waals surface area (Å²) in [5, 5.41) is 5.62. The molecule has 0 aliphatic heterocycles. The van der Waals surface area contributed by atoms with Crippen molar-refractivity contribution in [2.45, 2.75) is 12.3 Å². The van der Waals surface area contributed by atoms with Gasteiger partial charge in [-0.3, -0.25) is 4.79 Å². The van der Waals surface area contributed by atoms with Crippen molar-refractivity contribution in [2.75, 3.05) is 6.54 Å². The quantitative estimate of drug-likeness (QED) is 0.715. The third-order valence-electron chi connectivity index (χ3n) is 3.59. The van der Waals surface area contributed by atoms with Crippen molar-refractivity contribution in [3.05, 3.63) is 81.4 Å². The Bertz CT molecular complexity index is 719. The fraction of sp³-hybridized carbons (Fsp3) is 0.167. The van der Waals surface area contributed by atoms with Crippen LogP contribution in [0.25, 0.3) is 0 Å². The Kier molecular flexibility index (Phi) is 5.16. The van der Waals surface area contributed by atoms with Gasteiger partial charge in [0.15, 0.2) is 0 Å². The molecular weight excluding hydrogens is 330 g/mol. The molecule has 3 nitrogen and oxygen atoms in total. The lowest BCUT2D eigenvalue weighted by molar-refractivity contribution is -0.120. The van der Waals surface area contributed by atoms with Gasteiger partial charge in [-0.15, -0.1) is 11.3 Å². The van der Waals surface area contributed by atoms with Gasteiger partial charge < -0.3 is 9.73 Å². The first-order chi connectivity index (χ1) is 11.2. The van der Waals surface area contributed by atoms with E-state index in [-0.39, 0.29) is 18.2 Å². The molecule has 3 aromatic rings. The lowest BCUT2D eigenvalue weighted by Gasteiger charge is -2.14. The van der Waals surface area contributed by atoms with Gasteiger partial charge in [-0.05, 0) is 35.2 Å². The normalized spacial score (nSPS) is 12.0. The fourth-order valence-electron chi connectivity index (χ4n) is 2.41. The number of rotatable bonds is 6. The Labute approximate surface area is 143 Å². The topological polar surface area (TPSA) is 42.2 Å². The molecule has 0 aliphatic rings. The molecule has 3 rings (SSSR count). The predicted octanol–water partition coefficient (Wildman–Crippen LogP) is 4.49. The summed E-state index contributed by atoms with van der Waals surface area (Å²) >= 11 is 7.76. The third-order valence-corrected chi connectivity index (χ3v) is 4.94. The minimum Gasteiger partial charge on any atom is -0.469 e. The van der Waals surface area contributed by atoms with E-state index in [0.29, 0.717) is 11.6 Å². The SMILES string of the molecule is O=C(Cc1ccccc1Cl)NC[C@H](c1ccco1)c1cccs1. The molecule has 0 aliphatic carbocycles. The number of carbonyl (C=O) groups is 1. The molecule has 0 fully saturated rings. The van der Waals surface area contributed by atoms with Crippen LogP contribution in [-0.4, -0.2) is 12.5 Å². The van der Waals surface area contributed by atoms with E-state index >= 15 is 0 Å². The number of hydrogen-bond acceptors (Lipinski definition) is 3. The predicted molar refractivity (Wildman–Crippen MR) is 93.0 cm³/mol. The molecule has 0 bridgehead atoms. The number of amides is 1. The van der Waals surface area contributed by atoms with Crippen molar-refractivity contribution < 1.29 is 9.21 Å². The largest absolute Gasteiger partial charge is 0.469 e. The average Bonchev–Trinajstić information content (AvgIpc) is 3.23. The summed E-state index contributed by atoms with van der Waals surface area (Å²) in [5.41, 5.74) is 0.831. The van der Waals surface area contributed by atoms with E-state index < -0.39 is 0 Å². The van der Waals surface area contributed by atoms with E-state index in [1.54, 1.807) is 23.7 Å². The maximum Gasteiger partial charge on any atom is 0.224 e. The van der Waals surface area contributed by atoms with Crippen LogP contribution in [0.5, 0.6) is 0 Å². The highest BCUT2D eigenvalue weighted by Gasteiger charge is 2.19. The summed E-state index contributed by atoms with van der Waals surface area (Å²) < 4.78 is 5.52. The van der Waals surface area contributed by atoms with Gasteiger partial charge in [0.25, 0.3) is 0 Å². The number of furan rings is 1. The monoisotopic (exact) mass is 345 g/mol. The van der Waals surface area contributed by atoms with Crippen molar-refractivity contribution in [1.82, 2.24) is 5.32 Å². The number of carbonyl (C=O) groups excluding carboxylic acids is 1. The number of hydrogen-bond donors (Lipinski definition) is 1. The van der Waals surface area contributed by atoms with Gasteiger partial charge in [-0.25, -0.2) is 0 Å². The molecule has 0 saturated carbocycles. The molecule has 2 aromatic heterocycles.